The van der Waals surface area contributed by atoms with Crippen LogP contribution in [0.25, 0.3) is 0 Å². The molecular weight excluding hydrogens is 219 g/mol. The first-order valence-electron chi connectivity index (χ1n) is 6.15. The van der Waals surface area contributed by atoms with Crippen LogP contribution in [0.15, 0.2) is 24.3 Å². The van der Waals surface area contributed by atoms with E-state index >= 15 is 0 Å². The Bertz CT molecular complexity index is 342. The molecule has 1 aromatic rings. The van der Waals surface area contributed by atoms with Gasteiger partial charge in [0.05, 0.1) is 0 Å². The Hall–Kier alpha value is -1.13. The number of rotatable bonds is 4. The van der Waals surface area contributed by atoms with Gasteiger partial charge in [-0.05, 0) is 37.1 Å². The molecule has 94 valence electrons. The molecular formula is C13H19FN2O. The predicted molar refractivity (Wildman–Crippen MR) is 66.7 cm³/mol. The van der Waals surface area contributed by atoms with Crippen LogP contribution in [-0.2, 0) is 0 Å². The minimum Gasteiger partial charge on any atom is -0.396 e. The fourth-order valence-electron chi connectivity index (χ4n) is 2.32. The van der Waals surface area contributed by atoms with Gasteiger partial charge in [0.25, 0.3) is 0 Å². The van der Waals surface area contributed by atoms with Gasteiger partial charge < -0.3 is 15.3 Å². The monoisotopic (exact) mass is 238 g/mol. The van der Waals surface area contributed by atoms with Crippen LogP contribution in [0.1, 0.15) is 12.8 Å². The van der Waals surface area contributed by atoms with E-state index in [1.807, 2.05) is 12.1 Å². The van der Waals surface area contributed by atoms with E-state index in [1.165, 1.54) is 12.1 Å². The minimum atomic E-state index is -0.198. The van der Waals surface area contributed by atoms with Gasteiger partial charge in [0.2, 0.25) is 0 Å². The first-order chi connectivity index (χ1) is 8.31. The van der Waals surface area contributed by atoms with E-state index in [0.29, 0.717) is 6.04 Å². The molecule has 1 unspecified atom stereocenters. The molecule has 2 N–H and O–H groups in total. The summed E-state index contributed by atoms with van der Waals surface area (Å²) in [5, 5.41) is 12.3. The number of aliphatic hydroxyl groups is 1. The van der Waals surface area contributed by atoms with Crippen LogP contribution in [0.5, 0.6) is 0 Å². The molecule has 0 radical (unpaired) electrons. The molecule has 0 spiro atoms. The normalized spacial score (nSPS) is 20.6. The van der Waals surface area contributed by atoms with Gasteiger partial charge in [0.15, 0.2) is 0 Å². The number of nitrogens with zero attached hydrogens (tertiary/aromatic N) is 1. The number of hydrogen-bond donors (Lipinski definition) is 2. The Morgan fingerprint density at radius 1 is 1.35 bits per heavy atom. The molecule has 3 nitrogen and oxygen atoms in total. The standard InChI is InChI=1S/C13H19FN2O/c14-11-3-5-12(6-4-11)16-8-7-15-10-13(16)2-1-9-17/h3-6,13,15,17H,1-2,7-10H2. The predicted octanol–water partition coefficient (Wildman–Crippen LogP) is 1.38. The van der Waals surface area contributed by atoms with Crippen molar-refractivity contribution in [3.05, 3.63) is 30.1 Å². The summed E-state index contributed by atoms with van der Waals surface area (Å²) in [4.78, 5) is 2.30. The van der Waals surface area contributed by atoms with Crippen LogP contribution in [-0.4, -0.2) is 37.4 Å². The highest BCUT2D eigenvalue weighted by atomic mass is 19.1. The summed E-state index contributed by atoms with van der Waals surface area (Å²) in [7, 11) is 0. The van der Waals surface area contributed by atoms with Gasteiger partial charge in [-0.25, -0.2) is 4.39 Å². The van der Waals surface area contributed by atoms with E-state index in [4.69, 9.17) is 5.11 Å². The van der Waals surface area contributed by atoms with E-state index in [0.717, 1.165) is 38.2 Å². The van der Waals surface area contributed by atoms with Crippen molar-refractivity contribution >= 4 is 5.69 Å². The highest BCUT2D eigenvalue weighted by Crippen LogP contribution is 2.20. The second-order valence-corrected chi connectivity index (χ2v) is 4.39. The zero-order valence-electron chi connectivity index (χ0n) is 9.90. The van der Waals surface area contributed by atoms with Gasteiger partial charge >= 0.3 is 0 Å². The Labute approximate surface area is 101 Å². The average molecular weight is 238 g/mol. The number of anilines is 1. The molecule has 1 fully saturated rings. The molecule has 1 heterocycles. The maximum atomic E-state index is 12.9. The highest BCUT2D eigenvalue weighted by Gasteiger charge is 2.21. The Balaban J connectivity index is 2.07. The van der Waals surface area contributed by atoms with Crippen molar-refractivity contribution in [1.82, 2.24) is 5.32 Å². The first-order valence-corrected chi connectivity index (χ1v) is 6.15. The smallest absolute Gasteiger partial charge is 0.123 e. The van der Waals surface area contributed by atoms with Crippen molar-refractivity contribution in [2.24, 2.45) is 0 Å². The number of benzene rings is 1. The number of hydrogen-bond acceptors (Lipinski definition) is 3. The highest BCUT2D eigenvalue weighted by molar-refractivity contribution is 5.48. The third-order valence-electron chi connectivity index (χ3n) is 3.20. The van der Waals surface area contributed by atoms with Crippen LogP contribution in [0.2, 0.25) is 0 Å². The van der Waals surface area contributed by atoms with Crippen molar-refractivity contribution in [2.75, 3.05) is 31.1 Å². The van der Waals surface area contributed by atoms with Gasteiger partial charge in [-0.3, -0.25) is 0 Å². The van der Waals surface area contributed by atoms with Crippen LogP contribution in [0.4, 0.5) is 10.1 Å². The van der Waals surface area contributed by atoms with Crippen LogP contribution < -0.4 is 10.2 Å². The summed E-state index contributed by atoms with van der Waals surface area (Å²) in [5.41, 5.74) is 1.07. The third kappa shape index (κ3) is 3.17. The maximum Gasteiger partial charge on any atom is 0.123 e. The molecule has 1 aliphatic rings. The van der Waals surface area contributed by atoms with Crippen LogP contribution in [0.3, 0.4) is 0 Å². The average Bonchev–Trinajstić information content (AvgIpc) is 2.38. The first kappa shape index (κ1) is 12.3. The van der Waals surface area contributed by atoms with E-state index in [2.05, 4.69) is 10.2 Å². The molecule has 1 saturated heterocycles. The molecule has 1 aliphatic heterocycles. The lowest BCUT2D eigenvalue weighted by atomic mass is 10.1. The number of nitrogens with one attached hydrogen (secondary N) is 1. The van der Waals surface area contributed by atoms with E-state index < -0.39 is 0 Å². The van der Waals surface area contributed by atoms with E-state index in [1.54, 1.807) is 0 Å². The van der Waals surface area contributed by atoms with Gasteiger partial charge in [-0.15, -0.1) is 0 Å². The summed E-state index contributed by atoms with van der Waals surface area (Å²) < 4.78 is 12.9. The molecule has 4 heteroatoms. The SMILES string of the molecule is OCCCC1CNCCN1c1ccc(F)cc1. The number of aliphatic hydroxyl groups excluding tert-OH is 1. The minimum absolute atomic E-state index is 0.198. The third-order valence-corrected chi connectivity index (χ3v) is 3.20. The van der Waals surface area contributed by atoms with Gasteiger partial charge in [0, 0.05) is 38.0 Å². The Kier molecular flexibility index (Phi) is 4.34. The zero-order chi connectivity index (χ0) is 12.1. The topological polar surface area (TPSA) is 35.5 Å². The molecule has 1 aromatic carbocycles. The lowest BCUT2D eigenvalue weighted by Gasteiger charge is -2.38. The quantitative estimate of drug-likeness (QED) is 0.832. The molecule has 0 amide bonds. The number of piperazine rings is 1. The largest absolute Gasteiger partial charge is 0.396 e. The zero-order valence-corrected chi connectivity index (χ0v) is 9.90. The van der Waals surface area contributed by atoms with Crippen LogP contribution in [0, 0.1) is 5.82 Å². The Morgan fingerprint density at radius 2 is 2.12 bits per heavy atom. The maximum absolute atomic E-state index is 12.9. The Morgan fingerprint density at radius 3 is 2.82 bits per heavy atom. The summed E-state index contributed by atoms with van der Waals surface area (Å²) >= 11 is 0. The lowest BCUT2D eigenvalue weighted by molar-refractivity contribution is 0.275. The summed E-state index contributed by atoms with van der Waals surface area (Å²) in [5.74, 6) is -0.198. The van der Waals surface area contributed by atoms with Gasteiger partial charge in [-0.1, -0.05) is 0 Å². The molecule has 0 aromatic heterocycles. The molecule has 0 saturated carbocycles. The van der Waals surface area contributed by atoms with Crippen molar-refractivity contribution in [2.45, 2.75) is 18.9 Å². The summed E-state index contributed by atoms with van der Waals surface area (Å²) in [6.45, 7) is 3.04. The van der Waals surface area contributed by atoms with Crippen molar-refractivity contribution in [1.29, 1.82) is 0 Å². The second kappa shape index (κ2) is 5.98. The van der Waals surface area contributed by atoms with Crippen molar-refractivity contribution in [3.63, 3.8) is 0 Å². The molecule has 0 aliphatic carbocycles. The lowest BCUT2D eigenvalue weighted by Crippen LogP contribution is -2.51. The molecule has 17 heavy (non-hydrogen) atoms. The molecule has 1 atom stereocenters. The summed E-state index contributed by atoms with van der Waals surface area (Å²) in [6.07, 6.45) is 1.77. The fraction of sp³-hybridized carbons (Fsp3) is 0.538. The van der Waals surface area contributed by atoms with Crippen molar-refractivity contribution in [3.8, 4) is 0 Å². The fourth-order valence-corrected chi connectivity index (χ4v) is 2.32. The van der Waals surface area contributed by atoms with Gasteiger partial charge in [-0.2, -0.15) is 0 Å². The van der Waals surface area contributed by atoms with Gasteiger partial charge in [0.1, 0.15) is 5.82 Å². The summed E-state index contributed by atoms with van der Waals surface area (Å²) in [6, 6.07) is 7.04. The van der Waals surface area contributed by atoms with E-state index in [-0.39, 0.29) is 12.4 Å². The van der Waals surface area contributed by atoms with Crippen LogP contribution >= 0.6 is 0 Å². The van der Waals surface area contributed by atoms with Crippen molar-refractivity contribution < 1.29 is 9.50 Å². The molecule has 0 bridgehead atoms. The number of halogens is 1. The second-order valence-electron chi connectivity index (χ2n) is 4.39. The molecule has 2 rings (SSSR count). The van der Waals surface area contributed by atoms with E-state index in [9.17, 15) is 4.39 Å².